The number of hydrogen-bond acceptors (Lipinski definition) is 19. The summed E-state index contributed by atoms with van der Waals surface area (Å²) in [4.78, 5) is 53.5. The molecule has 2 saturated heterocycles. The van der Waals surface area contributed by atoms with E-state index in [-0.39, 0.29) is 28.0 Å². The number of ketones is 2. The summed E-state index contributed by atoms with van der Waals surface area (Å²) in [6.07, 6.45) is -16.0. The molecule has 7 rings (SSSR count). The van der Waals surface area contributed by atoms with Crippen molar-refractivity contribution in [1.29, 1.82) is 0 Å². The van der Waals surface area contributed by atoms with Gasteiger partial charge in [0.1, 0.15) is 65.7 Å². The maximum absolute atomic E-state index is 14.1. The number of carboxylic acid groups (broad SMARTS) is 1. The molecule has 4 aliphatic rings. The second kappa shape index (κ2) is 16.5. The quantitative estimate of drug-likeness (QED) is 0.0851. The SMILES string of the molecule is CN[C@@H]1[C@H](O)[C@@H](O[C@@H]2OC[C@@H](O)[C@H](O)[C@H]2O)[C@H](O[C@H]2c3cc(C)c(C(=O)N[C@H](CO)C(=O)O)c(O)c3-c3c(cc4c(c3O)C(=O)c3cc(OC)cc(O)c3C4=O)[C@@H]2O)O[C@@H]1C. The van der Waals surface area contributed by atoms with Crippen LogP contribution in [0.4, 0.5) is 0 Å². The molecule has 0 bridgehead atoms. The second-order valence-corrected chi connectivity index (χ2v) is 15.1. The number of methoxy groups -OCH3 is 1. The molecule has 12 atom stereocenters. The number of aromatic hydroxyl groups is 3. The van der Waals surface area contributed by atoms with Crippen molar-refractivity contribution in [2.24, 2.45) is 0 Å². The van der Waals surface area contributed by atoms with E-state index >= 15 is 0 Å². The number of phenols is 3. The van der Waals surface area contributed by atoms with Gasteiger partial charge in [-0.1, -0.05) is 6.07 Å². The Hall–Kier alpha value is -5.30. The summed E-state index contributed by atoms with van der Waals surface area (Å²) in [7, 11) is 2.77. The molecule has 0 spiro atoms. The predicted octanol–water partition coefficient (Wildman–Crippen LogP) is -1.64. The molecule has 21 nitrogen and oxygen atoms in total. The number of carbonyl (C=O) groups is 4. The Labute approximate surface area is 345 Å². The highest BCUT2D eigenvalue weighted by Gasteiger charge is 2.51. The van der Waals surface area contributed by atoms with Crippen molar-refractivity contribution in [3.8, 4) is 34.1 Å². The first-order valence-electron chi connectivity index (χ1n) is 18.9. The number of nitrogens with one attached hydrogen (secondary N) is 2. The zero-order valence-electron chi connectivity index (χ0n) is 32.8. The van der Waals surface area contributed by atoms with Crippen LogP contribution in [0.1, 0.15) is 78.0 Å². The number of ether oxygens (including phenoxy) is 5. The van der Waals surface area contributed by atoms with E-state index in [1.807, 2.05) is 0 Å². The van der Waals surface area contributed by atoms with Gasteiger partial charge in [-0.25, -0.2) is 4.79 Å². The van der Waals surface area contributed by atoms with Gasteiger partial charge in [-0.3, -0.25) is 14.4 Å². The second-order valence-electron chi connectivity index (χ2n) is 15.1. The summed E-state index contributed by atoms with van der Waals surface area (Å²) in [5.41, 5.74) is -3.87. The number of rotatable bonds is 10. The number of carbonyl (C=O) groups excluding carboxylic acids is 3. The lowest BCUT2D eigenvalue weighted by Crippen LogP contribution is -2.65. The van der Waals surface area contributed by atoms with Crippen LogP contribution in [0, 0.1) is 6.92 Å². The van der Waals surface area contributed by atoms with E-state index in [4.69, 9.17) is 23.7 Å². The number of aliphatic carboxylic acids is 1. The van der Waals surface area contributed by atoms with Crippen molar-refractivity contribution >= 4 is 23.4 Å². The summed E-state index contributed by atoms with van der Waals surface area (Å²) in [6.45, 7) is 1.40. The topological polar surface area (TPSA) is 341 Å². The molecule has 1 amide bonds. The summed E-state index contributed by atoms with van der Waals surface area (Å²) < 4.78 is 29.1. The first-order valence-corrected chi connectivity index (χ1v) is 18.9. The Morgan fingerprint density at radius 2 is 1.51 bits per heavy atom. The molecule has 61 heavy (non-hydrogen) atoms. The van der Waals surface area contributed by atoms with Crippen LogP contribution < -0.4 is 15.4 Å². The lowest BCUT2D eigenvalue weighted by molar-refractivity contribution is -0.353. The number of fused-ring (bicyclic) bond motifs is 5. The molecule has 3 aromatic carbocycles. The van der Waals surface area contributed by atoms with Gasteiger partial charge in [0.15, 0.2) is 30.2 Å². The van der Waals surface area contributed by atoms with Gasteiger partial charge in [-0.2, -0.15) is 0 Å². The smallest absolute Gasteiger partial charge is 0.328 e. The van der Waals surface area contributed by atoms with Crippen molar-refractivity contribution < 1.29 is 93.9 Å². The largest absolute Gasteiger partial charge is 0.507 e. The number of aliphatic hydroxyl groups excluding tert-OH is 6. The van der Waals surface area contributed by atoms with E-state index in [0.29, 0.717) is 0 Å². The minimum atomic E-state index is -1.94. The van der Waals surface area contributed by atoms with Crippen LogP contribution in [0.2, 0.25) is 0 Å². The van der Waals surface area contributed by atoms with Crippen LogP contribution in [0.5, 0.6) is 23.0 Å². The fourth-order valence-corrected chi connectivity index (χ4v) is 8.37. The van der Waals surface area contributed by atoms with Gasteiger partial charge in [0, 0.05) is 28.3 Å². The molecule has 0 radical (unpaired) electrons. The Kier molecular flexibility index (Phi) is 11.9. The summed E-state index contributed by atoms with van der Waals surface area (Å²) in [5.74, 6) is -7.22. The number of likely N-dealkylation sites (N-methyl/N-ethyl adjacent to an activating group) is 1. The molecule has 2 aliphatic heterocycles. The Morgan fingerprint density at radius 3 is 2.15 bits per heavy atom. The van der Waals surface area contributed by atoms with Crippen LogP contribution in [-0.4, -0.2) is 163 Å². The molecule has 2 heterocycles. The van der Waals surface area contributed by atoms with Crippen LogP contribution in [0.3, 0.4) is 0 Å². The molecule has 3 aromatic rings. The predicted molar refractivity (Wildman–Crippen MR) is 202 cm³/mol. The molecular weight excluding hydrogens is 812 g/mol. The van der Waals surface area contributed by atoms with Crippen LogP contribution in [-0.2, 0) is 23.7 Å². The Balaban J connectivity index is 1.41. The molecule has 2 fully saturated rings. The van der Waals surface area contributed by atoms with Crippen LogP contribution in [0.15, 0.2) is 24.3 Å². The highest BCUT2D eigenvalue weighted by molar-refractivity contribution is 6.31. The lowest BCUT2D eigenvalue weighted by atomic mass is 9.74. The van der Waals surface area contributed by atoms with Gasteiger partial charge in [-0.15, -0.1) is 0 Å². The van der Waals surface area contributed by atoms with Gasteiger partial charge >= 0.3 is 5.97 Å². The average Bonchev–Trinajstić information content (AvgIpc) is 3.21. The van der Waals surface area contributed by atoms with E-state index < -0.39 is 161 Å². The Morgan fingerprint density at radius 1 is 0.852 bits per heavy atom. The zero-order chi connectivity index (χ0) is 44.5. The molecule has 12 N–H and O–H groups in total. The number of aliphatic hydroxyl groups is 6. The molecule has 328 valence electrons. The third-order valence-corrected chi connectivity index (χ3v) is 11.5. The molecule has 0 aromatic heterocycles. The molecule has 21 heteroatoms. The normalized spacial score (nSPS) is 29.8. The fraction of sp³-hybridized carbons (Fsp3) is 0.450. The number of phenolic OH excluding ortho intramolecular Hbond substituents is 3. The maximum atomic E-state index is 14.1. The van der Waals surface area contributed by atoms with Gasteiger partial charge in [-0.05, 0) is 49.7 Å². The average molecular weight is 857 g/mol. The number of aryl methyl sites for hydroxylation is 1. The number of hydrogen-bond donors (Lipinski definition) is 12. The third kappa shape index (κ3) is 7.16. The minimum absolute atomic E-state index is 0.00334. The lowest BCUT2D eigenvalue weighted by Gasteiger charge is -2.47. The highest BCUT2D eigenvalue weighted by atomic mass is 16.8. The number of carboxylic acids is 1. The number of benzene rings is 3. The van der Waals surface area contributed by atoms with E-state index in [2.05, 4.69) is 10.6 Å². The standard InChI is InChI=1S/C40H44N2O19/c1-11-5-17-24(31(50)21(11)37(54)42-18(9-43)38(55)56)23-15(8-16-25(32(23)51)28(47)14-6-13(57-4)7-19(44)22(14)27(16)46)29(48)35(17)60-40-36(33(52)26(41-3)12(2)59-40)61-39-34(53)30(49)20(45)10-58-39/h5-8,12,18,20,26,29-30,33-36,39-41,43-45,48-53H,9-10H2,1-4H3,(H,42,54)(H,55,56)/t12-,18-,20-,26+,29+,30+,33+,34-,35+,36-,39+,40+/m1/s1. The van der Waals surface area contributed by atoms with Gasteiger partial charge in [0.25, 0.3) is 5.91 Å². The monoisotopic (exact) mass is 856 g/mol. The minimum Gasteiger partial charge on any atom is -0.507 e. The maximum Gasteiger partial charge on any atom is 0.328 e. The van der Waals surface area contributed by atoms with Crippen molar-refractivity contribution in [1.82, 2.24) is 10.6 Å². The fourth-order valence-electron chi connectivity index (χ4n) is 8.37. The zero-order valence-corrected chi connectivity index (χ0v) is 32.8. The van der Waals surface area contributed by atoms with E-state index in [1.54, 1.807) is 6.92 Å². The van der Waals surface area contributed by atoms with Gasteiger partial charge < -0.3 is 85.4 Å². The van der Waals surface area contributed by atoms with Crippen molar-refractivity contribution in [3.63, 3.8) is 0 Å². The van der Waals surface area contributed by atoms with Crippen molar-refractivity contribution in [2.75, 3.05) is 27.4 Å². The molecule has 0 saturated carbocycles. The summed E-state index contributed by atoms with van der Waals surface area (Å²) in [6, 6.07) is 1.88. The van der Waals surface area contributed by atoms with E-state index in [9.17, 15) is 70.2 Å². The molecular formula is C40H44N2O19. The number of amides is 1. The summed E-state index contributed by atoms with van der Waals surface area (Å²) in [5, 5.41) is 114. The van der Waals surface area contributed by atoms with Crippen molar-refractivity contribution in [2.45, 2.75) is 87.3 Å². The van der Waals surface area contributed by atoms with E-state index in [1.165, 1.54) is 33.2 Å². The van der Waals surface area contributed by atoms with Crippen LogP contribution >= 0.6 is 0 Å². The molecule has 2 aliphatic carbocycles. The first kappa shape index (κ1) is 43.8. The molecule has 0 unspecified atom stereocenters. The summed E-state index contributed by atoms with van der Waals surface area (Å²) >= 11 is 0. The highest BCUT2D eigenvalue weighted by Crippen LogP contribution is 2.57. The first-order chi connectivity index (χ1) is 28.9. The van der Waals surface area contributed by atoms with Gasteiger partial charge in [0.2, 0.25) is 0 Å². The van der Waals surface area contributed by atoms with E-state index in [0.717, 1.165) is 12.1 Å². The third-order valence-electron chi connectivity index (χ3n) is 11.5. The van der Waals surface area contributed by atoms with Gasteiger partial charge in [0.05, 0.1) is 49.2 Å². The van der Waals surface area contributed by atoms with Crippen LogP contribution in [0.25, 0.3) is 11.1 Å². The Bertz CT molecular complexity index is 2300. The van der Waals surface area contributed by atoms with Crippen molar-refractivity contribution in [3.05, 3.63) is 68.8 Å².